The van der Waals surface area contributed by atoms with Crippen molar-refractivity contribution < 1.29 is 18.3 Å². The van der Waals surface area contributed by atoms with Crippen LogP contribution in [0, 0.1) is 29.3 Å². The van der Waals surface area contributed by atoms with E-state index in [2.05, 4.69) is 11.8 Å². The first kappa shape index (κ1) is 12.0. The first-order valence-corrected chi connectivity index (χ1v) is 5.26. The molecule has 0 fully saturated rings. The number of aliphatic hydroxyl groups is 1. The van der Waals surface area contributed by atoms with Crippen LogP contribution in [-0.2, 0) is 0 Å². The highest BCUT2D eigenvalue weighted by Gasteiger charge is 2.28. The minimum absolute atomic E-state index is 0.282. The van der Waals surface area contributed by atoms with Crippen LogP contribution in [0.5, 0.6) is 0 Å². The normalized spacial score (nSPS) is 27.5. The van der Waals surface area contributed by atoms with Gasteiger partial charge in [0, 0.05) is 6.42 Å². The number of hydrogen-bond donors (Lipinski definition) is 1. The van der Waals surface area contributed by atoms with Crippen LogP contribution < -0.4 is 0 Å². The van der Waals surface area contributed by atoms with Crippen molar-refractivity contribution in [3.05, 3.63) is 35.1 Å². The zero-order chi connectivity index (χ0) is 12.6. The molecule has 1 aliphatic carbocycles. The minimum Gasteiger partial charge on any atom is -0.378 e. The lowest BCUT2D eigenvalue weighted by Gasteiger charge is -2.26. The molecule has 0 heterocycles. The Morgan fingerprint density at radius 1 is 1.29 bits per heavy atom. The third kappa shape index (κ3) is 2.45. The molecule has 1 aromatic rings. The molecule has 1 aliphatic rings. The molecule has 0 radical (unpaired) electrons. The van der Waals surface area contributed by atoms with Crippen LogP contribution in [0.4, 0.5) is 13.2 Å². The third-order valence-electron chi connectivity index (χ3n) is 2.83. The van der Waals surface area contributed by atoms with Crippen molar-refractivity contribution in [3.63, 3.8) is 0 Å². The number of halogens is 3. The molecule has 0 aromatic heterocycles. The lowest BCUT2D eigenvalue weighted by Crippen LogP contribution is -2.27. The van der Waals surface area contributed by atoms with Crippen LogP contribution in [0.3, 0.4) is 0 Å². The highest BCUT2D eigenvalue weighted by atomic mass is 19.2. The van der Waals surface area contributed by atoms with Crippen molar-refractivity contribution in [2.75, 3.05) is 0 Å². The molecule has 0 amide bonds. The van der Waals surface area contributed by atoms with Crippen molar-refractivity contribution in [3.8, 4) is 11.8 Å². The Hall–Kier alpha value is -1.47. The lowest BCUT2D eigenvalue weighted by atomic mass is 9.82. The monoisotopic (exact) mass is 240 g/mol. The lowest BCUT2D eigenvalue weighted by molar-refractivity contribution is 0.0999. The molecule has 0 bridgehead atoms. The fourth-order valence-electron chi connectivity index (χ4n) is 2.01. The summed E-state index contributed by atoms with van der Waals surface area (Å²) < 4.78 is 39.0. The Kier molecular flexibility index (Phi) is 2.88. The van der Waals surface area contributed by atoms with Gasteiger partial charge in [-0.25, -0.2) is 13.2 Å². The molecule has 17 heavy (non-hydrogen) atoms. The first-order chi connectivity index (χ1) is 7.89. The van der Waals surface area contributed by atoms with Gasteiger partial charge in [-0.1, -0.05) is 11.8 Å². The van der Waals surface area contributed by atoms with Gasteiger partial charge < -0.3 is 5.11 Å². The van der Waals surface area contributed by atoms with E-state index >= 15 is 0 Å². The van der Waals surface area contributed by atoms with E-state index in [-0.39, 0.29) is 12.3 Å². The van der Waals surface area contributed by atoms with Crippen LogP contribution in [-0.4, -0.2) is 10.7 Å². The molecule has 1 N–H and O–H groups in total. The van der Waals surface area contributed by atoms with Crippen molar-refractivity contribution in [2.45, 2.75) is 31.3 Å². The molecule has 0 saturated carbocycles. The maximum Gasteiger partial charge on any atom is 0.194 e. The Labute approximate surface area is 97.3 Å². The van der Waals surface area contributed by atoms with Crippen LogP contribution in [0.1, 0.15) is 31.2 Å². The second-order valence-corrected chi connectivity index (χ2v) is 4.48. The highest BCUT2D eigenvalue weighted by Crippen LogP contribution is 2.32. The fraction of sp³-hybridized carbons (Fsp3) is 0.385. The molecule has 2 atom stereocenters. The summed E-state index contributed by atoms with van der Waals surface area (Å²) in [5, 5.41) is 9.76. The molecule has 1 aromatic carbocycles. The molecule has 0 saturated heterocycles. The van der Waals surface area contributed by atoms with E-state index < -0.39 is 23.1 Å². The summed E-state index contributed by atoms with van der Waals surface area (Å²) in [5.74, 6) is 1.21. The van der Waals surface area contributed by atoms with Crippen molar-refractivity contribution >= 4 is 0 Å². The summed E-state index contributed by atoms with van der Waals surface area (Å²) in [5.41, 5.74) is -0.833. The second-order valence-electron chi connectivity index (χ2n) is 4.48. The topological polar surface area (TPSA) is 20.2 Å². The van der Waals surface area contributed by atoms with Gasteiger partial charge in [0.2, 0.25) is 0 Å². The van der Waals surface area contributed by atoms with E-state index in [1.165, 1.54) is 0 Å². The molecule has 0 spiro atoms. The highest BCUT2D eigenvalue weighted by molar-refractivity contribution is 5.29. The molecule has 90 valence electrons. The van der Waals surface area contributed by atoms with Crippen molar-refractivity contribution in [2.24, 2.45) is 0 Å². The number of rotatable bonds is 1. The number of hydrogen-bond acceptors (Lipinski definition) is 1. The van der Waals surface area contributed by atoms with E-state index in [0.717, 1.165) is 12.1 Å². The van der Waals surface area contributed by atoms with Gasteiger partial charge in [-0.3, -0.25) is 0 Å². The summed E-state index contributed by atoms with van der Waals surface area (Å²) in [7, 11) is 0. The van der Waals surface area contributed by atoms with Gasteiger partial charge in [0.05, 0.1) is 0 Å². The van der Waals surface area contributed by atoms with E-state index in [1.54, 1.807) is 6.92 Å². The van der Waals surface area contributed by atoms with Gasteiger partial charge in [0.25, 0.3) is 0 Å². The van der Waals surface area contributed by atoms with Crippen LogP contribution in [0.25, 0.3) is 0 Å². The predicted molar refractivity (Wildman–Crippen MR) is 56.7 cm³/mol. The molecule has 2 rings (SSSR count). The average Bonchev–Trinajstić information content (AvgIpc) is 2.23. The molecular weight excluding hydrogens is 229 g/mol. The summed E-state index contributed by atoms with van der Waals surface area (Å²) >= 11 is 0. The standard InChI is InChI=1S/C13H11F3O/c1-13(17)4-2-3-8(7-13)9-5-10(14)12(16)11(15)6-9/h5-6,8,17H,3,7H2,1H3/t8-,13?/m1/s1. The van der Waals surface area contributed by atoms with Crippen molar-refractivity contribution in [1.82, 2.24) is 0 Å². The van der Waals surface area contributed by atoms with Crippen LogP contribution in [0.2, 0.25) is 0 Å². The van der Waals surface area contributed by atoms with Gasteiger partial charge in [0.1, 0.15) is 5.60 Å². The minimum atomic E-state index is -1.47. The molecule has 1 unspecified atom stereocenters. The Bertz CT molecular complexity index is 488. The Balaban J connectivity index is 2.34. The Morgan fingerprint density at radius 3 is 2.41 bits per heavy atom. The van der Waals surface area contributed by atoms with Gasteiger partial charge in [-0.2, -0.15) is 0 Å². The molecule has 0 aliphatic heterocycles. The van der Waals surface area contributed by atoms with E-state index in [0.29, 0.717) is 12.0 Å². The SMILES string of the molecule is CC1(O)C#CC[C@@H](c2cc(F)c(F)c(F)c2)C1. The third-order valence-corrected chi connectivity index (χ3v) is 2.83. The number of benzene rings is 1. The summed E-state index contributed by atoms with van der Waals surface area (Å²) in [6.07, 6.45) is 0.686. The zero-order valence-corrected chi connectivity index (χ0v) is 9.23. The predicted octanol–water partition coefficient (Wildman–Crippen LogP) is 2.74. The zero-order valence-electron chi connectivity index (χ0n) is 9.23. The van der Waals surface area contributed by atoms with E-state index in [4.69, 9.17) is 0 Å². The van der Waals surface area contributed by atoms with Gasteiger partial charge in [-0.15, -0.1) is 0 Å². The van der Waals surface area contributed by atoms with Crippen LogP contribution >= 0.6 is 0 Å². The van der Waals surface area contributed by atoms with Gasteiger partial charge in [0.15, 0.2) is 17.5 Å². The van der Waals surface area contributed by atoms with Crippen molar-refractivity contribution in [1.29, 1.82) is 0 Å². The quantitative estimate of drug-likeness (QED) is 0.591. The Morgan fingerprint density at radius 2 is 1.88 bits per heavy atom. The van der Waals surface area contributed by atoms with Gasteiger partial charge >= 0.3 is 0 Å². The molecule has 1 nitrogen and oxygen atoms in total. The second kappa shape index (κ2) is 4.08. The fourth-order valence-corrected chi connectivity index (χ4v) is 2.01. The summed E-state index contributed by atoms with van der Waals surface area (Å²) in [6, 6.07) is 1.93. The van der Waals surface area contributed by atoms with Gasteiger partial charge in [-0.05, 0) is 37.0 Å². The molecule has 4 heteroatoms. The molecular formula is C13H11F3O. The average molecular weight is 240 g/mol. The maximum absolute atomic E-state index is 13.1. The maximum atomic E-state index is 13.1. The first-order valence-electron chi connectivity index (χ1n) is 5.26. The summed E-state index contributed by atoms with van der Waals surface area (Å²) in [6.45, 7) is 1.54. The smallest absolute Gasteiger partial charge is 0.194 e. The largest absolute Gasteiger partial charge is 0.378 e. The van der Waals surface area contributed by atoms with E-state index in [1.807, 2.05) is 0 Å². The van der Waals surface area contributed by atoms with E-state index in [9.17, 15) is 18.3 Å². The van der Waals surface area contributed by atoms with Crippen LogP contribution in [0.15, 0.2) is 12.1 Å². The summed E-state index contributed by atoms with van der Waals surface area (Å²) in [4.78, 5) is 0.